The van der Waals surface area contributed by atoms with Crippen molar-refractivity contribution in [2.24, 2.45) is 4.99 Å². The van der Waals surface area contributed by atoms with Crippen LogP contribution in [0.25, 0.3) is 0 Å². The fourth-order valence-electron chi connectivity index (χ4n) is 1.56. The Labute approximate surface area is 94.9 Å². The molecule has 86 valence electrons. The van der Waals surface area contributed by atoms with E-state index in [0.29, 0.717) is 18.0 Å². The van der Waals surface area contributed by atoms with E-state index in [4.69, 9.17) is 9.47 Å². The highest BCUT2D eigenvalue weighted by atomic mass is 16.5. The summed E-state index contributed by atoms with van der Waals surface area (Å²) in [6.45, 7) is 2.36. The molecule has 0 atom stereocenters. The van der Waals surface area contributed by atoms with Crippen LogP contribution in [-0.2, 0) is 17.8 Å². The number of isocyanates is 1. The Morgan fingerprint density at radius 2 is 1.75 bits per heavy atom. The SMILES string of the molecule is CCc1cc(OC)c(OC)cc1CN=C=O. The number of hydrogen-bond donors (Lipinski definition) is 0. The quantitative estimate of drug-likeness (QED) is 0.565. The maximum absolute atomic E-state index is 10.1. The summed E-state index contributed by atoms with van der Waals surface area (Å²) in [4.78, 5) is 13.7. The van der Waals surface area contributed by atoms with Gasteiger partial charge in [0.15, 0.2) is 11.5 Å². The zero-order chi connectivity index (χ0) is 12.0. The Balaban J connectivity index is 3.19. The lowest BCUT2D eigenvalue weighted by molar-refractivity contribution is 0.354. The number of methoxy groups -OCH3 is 2. The second kappa shape index (κ2) is 5.93. The molecule has 0 heterocycles. The molecule has 0 saturated carbocycles. The van der Waals surface area contributed by atoms with Crippen molar-refractivity contribution in [2.45, 2.75) is 19.9 Å². The summed E-state index contributed by atoms with van der Waals surface area (Å²) in [5.74, 6) is 1.34. The number of aliphatic imine (C=N–C) groups is 1. The van der Waals surface area contributed by atoms with Gasteiger partial charge in [0.05, 0.1) is 20.8 Å². The average molecular weight is 221 g/mol. The largest absolute Gasteiger partial charge is 0.493 e. The molecule has 4 heteroatoms. The minimum atomic E-state index is 0.326. The highest BCUT2D eigenvalue weighted by Gasteiger charge is 2.09. The third kappa shape index (κ3) is 2.61. The third-order valence-electron chi connectivity index (χ3n) is 2.40. The Morgan fingerprint density at radius 1 is 1.19 bits per heavy atom. The van der Waals surface area contributed by atoms with Crippen LogP contribution in [0.4, 0.5) is 0 Å². The molecule has 0 aliphatic carbocycles. The minimum absolute atomic E-state index is 0.326. The number of benzene rings is 1. The van der Waals surface area contributed by atoms with Gasteiger partial charge in [0.2, 0.25) is 6.08 Å². The highest BCUT2D eigenvalue weighted by molar-refractivity contribution is 5.48. The monoisotopic (exact) mass is 221 g/mol. The molecule has 0 saturated heterocycles. The molecule has 1 rings (SSSR count). The van der Waals surface area contributed by atoms with E-state index in [1.54, 1.807) is 14.2 Å². The van der Waals surface area contributed by atoms with E-state index in [0.717, 1.165) is 17.5 Å². The molecule has 0 unspecified atom stereocenters. The Kier molecular flexibility index (Phi) is 4.55. The predicted molar refractivity (Wildman–Crippen MR) is 60.7 cm³/mol. The molecule has 0 radical (unpaired) electrons. The van der Waals surface area contributed by atoms with Crippen molar-refractivity contribution in [3.8, 4) is 11.5 Å². The van der Waals surface area contributed by atoms with E-state index < -0.39 is 0 Å². The lowest BCUT2D eigenvalue weighted by Crippen LogP contribution is -1.97. The van der Waals surface area contributed by atoms with E-state index >= 15 is 0 Å². The molecule has 1 aromatic rings. The molecule has 0 spiro atoms. The summed E-state index contributed by atoms with van der Waals surface area (Å²) in [5.41, 5.74) is 2.06. The zero-order valence-corrected chi connectivity index (χ0v) is 9.74. The van der Waals surface area contributed by atoms with Crippen molar-refractivity contribution >= 4 is 6.08 Å². The molecule has 0 N–H and O–H groups in total. The van der Waals surface area contributed by atoms with Crippen LogP contribution in [0.1, 0.15) is 18.1 Å². The van der Waals surface area contributed by atoms with E-state index in [2.05, 4.69) is 4.99 Å². The molecule has 0 bridgehead atoms. The molecular weight excluding hydrogens is 206 g/mol. The van der Waals surface area contributed by atoms with Crippen LogP contribution in [-0.4, -0.2) is 20.3 Å². The molecule has 0 aliphatic rings. The number of rotatable bonds is 5. The van der Waals surface area contributed by atoms with Gasteiger partial charge in [0, 0.05) is 0 Å². The second-order valence-electron chi connectivity index (χ2n) is 3.24. The van der Waals surface area contributed by atoms with Gasteiger partial charge in [0.25, 0.3) is 0 Å². The van der Waals surface area contributed by atoms with Crippen LogP contribution in [0.15, 0.2) is 17.1 Å². The average Bonchev–Trinajstić information content (AvgIpc) is 2.35. The number of carbonyl (C=O) groups excluding carboxylic acids is 1. The maximum atomic E-state index is 10.1. The normalized spacial score (nSPS) is 9.44. The summed E-state index contributed by atoms with van der Waals surface area (Å²) >= 11 is 0. The fraction of sp³-hybridized carbons (Fsp3) is 0.417. The second-order valence-corrected chi connectivity index (χ2v) is 3.24. The first kappa shape index (κ1) is 12.3. The van der Waals surface area contributed by atoms with Crippen LogP contribution in [0, 0.1) is 0 Å². The smallest absolute Gasteiger partial charge is 0.235 e. The first-order chi connectivity index (χ1) is 7.76. The van der Waals surface area contributed by atoms with E-state index in [9.17, 15) is 4.79 Å². The Bertz CT molecular complexity index is 409. The van der Waals surface area contributed by atoms with Crippen LogP contribution < -0.4 is 9.47 Å². The van der Waals surface area contributed by atoms with Crippen molar-refractivity contribution in [2.75, 3.05) is 14.2 Å². The Hall–Kier alpha value is -1.80. The van der Waals surface area contributed by atoms with Crippen LogP contribution in [0.2, 0.25) is 0 Å². The van der Waals surface area contributed by atoms with Crippen molar-refractivity contribution in [1.29, 1.82) is 0 Å². The summed E-state index contributed by atoms with van der Waals surface area (Å²) in [7, 11) is 3.18. The Morgan fingerprint density at radius 3 is 2.19 bits per heavy atom. The molecule has 16 heavy (non-hydrogen) atoms. The molecule has 0 aliphatic heterocycles. The van der Waals surface area contributed by atoms with Crippen molar-refractivity contribution in [3.63, 3.8) is 0 Å². The topological polar surface area (TPSA) is 47.9 Å². The molecule has 0 amide bonds. The van der Waals surface area contributed by atoms with Gasteiger partial charge in [0.1, 0.15) is 0 Å². The van der Waals surface area contributed by atoms with Crippen LogP contribution >= 0.6 is 0 Å². The highest BCUT2D eigenvalue weighted by Crippen LogP contribution is 2.31. The van der Waals surface area contributed by atoms with E-state index in [1.807, 2.05) is 19.1 Å². The van der Waals surface area contributed by atoms with Crippen LogP contribution in [0.3, 0.4) is 0 Å². The standard InChI is InChI=1S/C12H15NO3/c1-4-9-5-11(15-2)12(16-3)6-10(9)7-13-8-14/h5-6H,4,7H2,1-3H3. The van der Waals surface area contributed by atoms with Gasteiger partial charge in [-0.25, -0.2) is 9.79 Å². The molecular formula is C12H15NO3. The van der Waals surface area contributed by atoms with Gasteiger partial charge in [-0.3, -0.25) is 0 Å². The van der Waals surface area contributed by atoms with Crippen LogP contribution in [0.5, 0.6) is 11.5 Å². The summed E-state index contributed by atoms with van der Waals surface area (Å²) in [6, 6.07) is 3.76. The van der Waals surface area contributed by atoms with Gasteiger partial charge in [-0.1, -0.05) is 6.92 Å². The number of hydrogen-bond acceptors (Lipinski definition) is 4. The summed E-state index contributed by atoms with van der Waals surface area (Å²) < 4.78 is 10.4. The fourth-order valence-corrected chi connectivity index (χ4v) is 1.56. The van der Waals surface area contributed by atoms with Gasteiger partial charge >= 0.3 is 0 Å². The number of aryl methyl sites for hydroxylation is 1. The van der Waals surface area contributed by atoms with Gasteiger partial charge in [-0.05, 0) is 29.7 Å². The first-order valence-electron chi connectivity index (χ1n) is 5.04. The summed E-state index contributed by atoms with van der Waals surface area (Å²) in [5, 5.41) is 0. The number of ether oxygens (including phenoxy) is 2. The van der Waals surface area contributed by atoms with Crippen molar-refractivity contribution < 1.29 is 14.3 Å². The van der Waals surface area contributed by atoms with Crippen molar-refractivity contribution in [3.05, 3.63) is 23.3 Å². The van der Waals surface area contributed by atoms with Gasteiger partial charge in [-0.2, -0.15) is 0 Å². The van der Waals surface area contributed by atoms with Gasteiger partial charge < -0.3 is 9.47 Å². The molecule has 1 aromatic carbocycles. The lowest BCUT2D eigenvalue weighted by atomic mass is 10.0. The van der Waals surface area contributed by atoms with E-state index in [-0.39, 0.29) is 0 Å². The lowest BCUT2D eigenvalue weighted by Gasteiger charge is -2.12. The maximum Gasteiger partial charge on any atom is 0.235 e. The summed E-state index contributed by atoms with van der Waals surface area (Å²) in [6.07, 6.45) is 2.39. The first-order valence-corrected chi connectivity index (χ1v) is 5.04. The van der Waals surface area contributed by atoms with Gasteiger partial charge in [-0.15, -0.1) is 0 Å². The number of nitrogens with zero attached hydrogens (tertiary/aromatic N) is 1. The molecule has 4 nitrogen and oxygen atoms in total. The molecule has 0 fully saturated rings. The van der Waals surface area contributed by atoms with Crippen molar-refractivity contribution in [1.82, 2.24) is 0 Å². The predicted octanol–water partition coefficient (Wildman–Crippen LogP) is 2.10. The third-order valence-corrected chi connectivity index (χ3v) is 2.40. The zero-order valence-electron chi connectivity index (χ0n) is 9.74. The minimum Gasteiger partial charge on any atom is -0.493 e. The molecule has 0 aromatic heterocycles. The van der Waals surface area contributed by atoms with E-state index in [1.165, 1.54) is 6.08 Å².